The highest BCUT2D eigenvalue weighted by molar-refractivity contribution is 6.01. The average molecular weight is 440 g/mol. The van der Waals surface area contributed by atoms with E-state index >= 15 is 0 Å². The lowest BCUT2D eigenvalue weighted by Gasteiger charge is -2.04. The van der Waals surface area contributed by atoms with Gasteiger partial charge in [-0.15, -0.1) is 0 Å². The third-order valence-electron chi connectivity index (χ3n) is 5.32. The molecule has 0 saturated carbocycles. The van der Waals surface area contributed by atoms with Gasteiger partial charge >= 0.3 is 0 Å². The molecule has 0 atom stereocenters. The van der Waals surface area contributed by atoms with Crippen LogP contribution in [0.1, 0.15) is 16.9 Å². The topological polar surface area (TPSA) is 125 Å². The summed E-state index contributed by atoms with van der Waals surface area (Å²) in [6.45, 7) is 2.03. The van der Waals surface area contributed by atoms with Crippen LogP contribution in [0.2, 0.25) is 0 Å². The van der Waals surface area contributed by atoms with Gasteiger partial charge in [0.1, 0.15) is 23.2 Å². The molecule has 2 aromatic carbocycles. The summed E-state index contributed by atoms with van der Waals surface area (Å²) in [4.78, 5) is 26.4. The number of benzene rings is 2. The fraction of sp³-hybridized carbons (Fsp3) is 0.120. The second-order valence-corrected chi connectivity index (χ2v) is 7.50. The van der Waals surface area contributed by atoms with Crippen molar-refractivity contribution in [3.63, 3.8) is 0 Å². The summed E-state index contributed by atoms with van der Waals surface area (Å²) in [5.74, 6) is 0.208. The zero-order chi connectivity index (χ0) is 23.4. The maximum absolute atomic E-state index is 12.5. The molecule has 1 amide bonds. The minimum atomic E-state index is -0.499. The summed E-state index contributed by atoms with van der Waals surface area (Å²) in [5.41, 5.74) is 3.10. The van der Waals surface area contributed by atoms with Crippen molar-refractivity contribution in [2.45, 2.75) is 13.3 Å². The van der Waals surface area contributed by atoms with Crippen LogP contribution in [0.4, 0.5) is 5.69 Å². The summed E-state index contributed by atoms with van der Waals surface area (Å²) in [5, 5.41) is 24.5. The molecular weight excluding hydrogens is 420 g/mol. The lowest BCUT2D eigenvalue weighted by molar-refractivity contribution is -0.385. The summed E-state index contributed by atoms with van der Waals surface area (Å²) < 4.78 is 5.70. The zero-order valence-electron chi connectivity index (χ0n) is 17.8. The van der Waals surface area contributed by atoms with Crippen molar-refractivity contribution in [2.24, 2.45) is 0 Å². The molecule has 0 radical (unpaired) electrons. The number of nitro groups is 1. The fourth-order valence-electron chi connectivity index (χ4n) is 3.58. The van der Waals surface area contributed by atoms with E-state index < -0.39 is 10.8 Å². The molecule has 2 heterocycles. The molecule has 0 saturated heterocycles. The first-order chi connectivity index (χ1) is 16.0. The van der Waals surface area contributed by atoms with E-state index in [1.807, 2.05) is 36.5 Å². The third kappa shape index (κ3) is 4.67. The van der Waals surface area contributed by atoms with Crippen molar-refractivity contribution < 1.29 is 14.1 Å². The van der Waals surface area contributed by atoms with Crippen molar-refractivity contribution in [1.29, 1.82) is 5.26 Å². The molecule has 164 valence electrons. The second kappa shape index (κ2) is 9.24. The van der Waals surface area contributed by atoms with Crippen LogP contribution in [-0.4, -0.2) is 22.4 Å². The van der Waals surface area contributed by atoms with Crippen LogP contribution in [0.3, 0.4) is 0 Å². The predicted molar refractivity (Wildman–Crippen MR) is 124 cm³/mol. The number of carbonyl (C=O) groups is 1. The monoisotopic (exact) mass is 440 g/mol. The Hall–Kier alpha value is -4.64. The Morgan fingerprint density at radius 2 is 2.06 bits per heavy atom. The van der Waals surface area contributed by atoms with Crippen LogP contribution in [0, 0.1) is 28.4 Å². The summed E-state index contributed by atoms with van der Waals surface area (Å²) in [7, 11) is 0. The van der Waals surface area contributed by atoms with Gasteiger partial charge in [0.05, 0.1) is 4.92 Å². The molecule has 8 heteroatoms. The van der Waals surface area contributed by atoms with E-state index in [2.05, 4.69) is 10.3 Å². The average Bonchev–Trinajstić information content (AvgIpc) is 3.45. The lowest BCUT2D eigenvalue weighted by atomic mass is 10.1. The number of nitrogens with zero attached hydrogens (tertiary/aromatic N) is 2. The number of hydrogen-bond acceptors (Lipinski definition) is 5. The number of aromatic amines is 1. The van der Waals surface area contributed by atoms with Gasteiger partial charge in [0.15, 0.2) is 0 Å². The highest BCUT2D eigenvalue weighted by Gasteiger charge is 2.15. The molecule has 0 fully saturated rings. The van der Waals surface area contributed by atoms with E-state index in [-0.39, 0.29) is 11.3 Å². The van der Waals surface area contributed by atoms with Crippen LogP contribution >= 0.6 is 0 Å². The number of fused-ring (bicyclic) bond motifs is 1. The molecule has 0 unspecified atom stereocenters. The zero-order valence-corrected chi connectivity index (χ0v) is 17.8. The van der Waals surface area contributed by atoms with Gasteiger partial charge in [-0.2, -0.15) is 5.26 Å². The number of aryl methyl sites for hydroxylation is 1. The SMILES string of the molecule is Cc1ccc(-c2ccc(/C=C(/C#N)C(=O)NCCc3c[nH]c4ccccc34)o2)cc1[N+](=O)[O-]. The van der Waals surface area contributed by atoms with Gasteiger partial charge in [-0.05, 0) is 37.1 Å². The van der Waals surface area contributed by atoms with E-state index in [9.17, 15) is 20.2 Å². The van der Waals surface area contributed by atoms with Crippen molar-refractivity contribution in [1.82, 2.24) is 10.3 Å². The number of para-hydroxylation sites is 1. The summed E-state index contributed by atoms with van der Waals surface area (Å²) in [6.07, 6.45) is 3.89. The molecule has 4 aromatic rings. The van der Waals surface area contributed by atoms with Gasteiger partial charge in [-0.3, -0.25) is 14.9 Å². The van der Waals surface area contributed by atoms with Crippen LogP contribution in [-0.2, 0) is 11.2 Å². The number of nitro benzene ring substituents is 1. The minimum Gasteiger partial charge on any atom is -0.457 e. The van der Waals surface area contributed by atoms with Gasteiger partial charge < -0.3 is 14.7 Å². The van der Waals surface area contributed by atoms with Crippen LogP contribution in [0.5, 0.6) is 0 Å². The maximum Gasteiger partial charge on any atom is 0.273 e. The Labute approximate surface area is 189 Å². The van der Waals surface area contributed by atoms with Gasteiger partial charge in [-0.1, -0.05) is 30.3 Å². The van der Waals surface area contributed by atoms with Crippen LogP contribution in [0.15, 0.2) is 70.8 Å². The molecule has 4 rings (SSSR count). The molecule has 0 spiro atoms. The first kappa shape index (κ1) is 21.6. The number of amides is 1. The minimum absolute atomic E-state index is 0.00622. The second-order valence-electron chi connectivity index (χ2n) is 7.50. The van der Waals surface area contributed by atoms with Crippen LogP contribution in [0.25, 0.3) is 28.3 Å². The molecule has 0 aliphatic carbocycles. The Bertz CT molecular complexity index is 1420. The molecule has 33 heavy (non-hydrogen) atoms. The van der Waals surface area contributed by atoms with Crippen molar-refractivity contribution in [3.05, 3.63) is 93.4 Å². The van der Waals surface area contributed by atoms with E-state index in [1.54, 1.807) is 31.2 Å². The molecule has 0 bridgehead atoms. The molecule has 2 aromatic heterocycles. The first-order valence-electron chi connectivity index (χ1n) is 10.3. The number of hydrogen-bond donors (Lipinski definition) is 2. The number of H-pyrrole nitrogens is 1. The molecule has 0 aliphatic heterocycles. The van der Waals surface area contributed by atoms with Crippen molar-refractivity contribution in [2.75, 3.05) is 6.54 Å². The molecule has 2 N–H and O–H groups in total. The Morgan fingerprint density at radius 1 is 1.24 bits per heavy atom. The van der Waals surface area contributed by atoms with E-state index in [0.717, 1.165) is 16.5 Å². The standard InChI is InChI=1S/C25H20N4O4/c1-16-6-7-17(13-23(16)29(31)32)24-9-8-20(33-24)12-19(14-26)25(30)27-11-10-18-15-28-22-5-3-2-4-21(18)22/h2-9,12-13,15,28H,10-11H2,1H3,(H,27,30)/b19-12-. The molecular formula is C25H20N4O4. The predicted octanol–water partition coefficient (Wildman–Crippen LogP) is 4.91. The highest BCUT2D eigenvalue weighted by Crippen LogP contribution is 2.28. The normalized spacial score (nSPS) is 11.3. The van der Waals surface area contributed by atoms with Gasteiger partial charge in [0.25, 0.3) is 11.6 Å². The summed E-state index contributed by atoms with van der Waals surface area (Å²) >= 11 is 0. The lowest BCUT2D eigenvalue weighted by Crippen LogP contribution is -2.26. The van der Waals surface area contributed by atoms with Crippen molar-refractivity contribution >= 4 is 28.6 Å². The van der Waals surface area contributed by atoms with Gasteiger partial charge in [0, 0.05) is 46.9 Å². The molecule has 0 aliphatic rings. The number of nitrogens with one attached hydrogen (secondary N) is 2. The van der Waals surface area contributed by atoms with Crippen molar-refractivity contribution in [3.8, 4) is 17.4 Å². The van der Waals surface area contributed by atoms with E-state index in [1.165, 1.54) is 12.1 Å². The maximum atomic E-state index is 12.5. The number of nitriles is 1. The van der Waals surface area contributed by atoms with Gasteiger partial charge in [0.2, 0.25) is 0 Å². The number of carbonyl (C=O) groups excluding carboxylic acids is 1. The molecule has 8 nitrogen and oxygen atoms in total. The summed E-state index contributed by atoms with van der Waals surface area (Å²) in [6, 6.07) is 17.9. The smallest absolute Gasteiger partial charge is 0.273 e. The fourth-order valence-corrected chi connectivity index (χ4v) is 3.58. The number of aromatic nitrogens is 1. The Balaban J connectivity index is 1.44. The van der Waals surface area contributed by atoms with Crippen LogP contribution < -0.4 is 5.32 Å². The number of rotatable bonds is 7. The number of furan rings is 1. The highest BCUT2D eigenvalue weighted by atomic mass is 16.6. The quantitative estimate of drug-likeness (QED) is 0.183. The van der Waals surface area contributed by atoms with E-state index in [4.69, 9.17) is 4.42 Å². The van der Waals surface area contributed by atoms with E-state index in [0.29, 0.717) is 35.6 Å². The Kier molecular flexibility index (Phi) is 6.04. The third-order valence-corrected chi connectivity index (χ3v) is 5.32. The first-order valence-corrected chi connectivity index (χ1v) is 10.3. The Morgan fingerprint density at radius 3 is 2.85 bits per heavy atom. The van der Waals surface area contributed by atoms with Gasteiger partial charge in [-0.25, -0.2) is 0 Å². The largest absolute Gasteiger partial charge is 0.457 e.